The van der Waals surface area contributed by atoms with Crippen molar-refractivity contribution in [3.05, 3.63) is 16.4 Å². The summed E-state index contributed by atoms with van der Waals surface area (Å²) in [6, 6.07) is 0.281. The third kappa shape index (κ3) is 3.30. The Kier molecular flexibility index (Phi) is 6.01. The zero-order valence-corrected chi connectivity index (χ0v) is 11.7. The van der Waals surface area contributed by atoms with E-state index in [9.17, 15) is 0 Å². The van der Waals surface area contributed by atoms with Gasteiger partial charge in [0.25, 0.3) is 0 Å². The molecule has 1 aromatic rings. The average Bonchev–Trinajstić information content (AvgIpc) is 2.66. The Morgan fingerprint density at radius 1 is 1.56 bits per heavy atom. The molecule has 0 aliphatic rings. The third-order valence-corrected chi connectivity index (χ3v) is 3.18. The highest BCUT2D eigenvalue weighted by Crippen LogP contribution is 2.25. The molecule has 0 radical (unpaired) electrons. The first-order valence-electron chi connectivity index (χ1n) is 5.70. The molecule has 1 N–H and O–H groups in total. The highest BCUT2D eigenvalue weighted by Gasteiger charge is 2.17. The van der Waals surface area contributed by atoms with Crippen molar-refractivity contribution >= 4 is 15.9 Å². The first-order chi connectivity index (χ1) is 7.74. The molecule has 0 amide bonds. The number of hydrogen-bond acceptors (Lipinski definition) is 3. The first-order valence-corrected chi connectivity index (χ1v) is 6.50. The van der Waals surface area contributed by atoms with Gasteiger partial charge in [0.1, 0.15) is 0 Å². The van der Waals surface area contributed by atoms with Crippen molar-refractivity contribution in [2.45, 2.75) is 32.9 Å². The van der Waals surface area contributed by atoms with Crippen LogP contribution in [-0.2, 0) is 11.3 Å². The molecule has 0 saturated heterocycles. The van der Waals surface area contributed by atoms with Crippen LogP contribution in [0.15, 0.2) is 10.7 Å². The monoisotopic (exact) mass is 289 g/mol. The molecule has 1 rings (SSSR count). The van der Waals surface area contributed by atoms with Crippen molar-refractivity contribution < 1.29 is 4.74 Å². The van der Waals surface area contributed by atoms with Crippen LogP contribution in [0.25, 0.3) is 0 Å². The molecule has 0 spiro atoms. The van der Waals surface area contributed by atoms with Gasteiger partial charge in [-0.1, -0.05) is 0 Å². The normalized spacial score (nSPS) is 13.0. The Morgan fingerprint density at radius 3 is 2.88 bits per heavy atom. The second kappa shape index (κ2) is 7.04. The molecule has 1 atom stereocenters. The zero-order valence-electron chi connectivity index (χ0n) is 10.2. The lowest BCUT2D eigenvalue weighted by Gasteiger charge is -2.18. The Bertz CT molecular complexity index is 314. The van der Waals surface area contributed by atoms with E-state index < -0.39 is 0 Å². The second-order valence-electron chi connectivity index (χ2n) is 3.52. The molecule has 0 aliphatic heterocycles. The third-order valence-electron chi connectivity index (χ3n) is 2.57. The van der Waals surface area contributed by atoms with Gasteiger partial charge in [-0.2, -0.15) is 5.10 Å². The van der Waals surface area contributed by atoms with Gasteiger partial charge in [0, 0.05) is 19.8 Å². The van der Waals surface area contributed by atoms with E-state index in [-0.39, 0.29) is 6.04 Å². The van der Waals surface area contributed by atoms with Crippen LogP contribution in [0.4, 0.5) is 0 Å². The SMILES string of the molecule is CCOCCC(NC)c1c(Br)cnn1CC. The summed E-state index contributed by atoms with van der Waals surface area (Å²) in [7, 11) is 1.97. The second-order valence-corrected chi connectivity index (χ2v) is 4.37. The summed E-state index contributed by atoms with van der Waals surface area (Å²) >= 11 is 3.54. The minimum absolute atomic E-state index is 0.281. The quantitative estimate of drug-likeness (QED) is 0.784. The minimum Gasteiger partial charge on any atom is -0.382 e. The number of ether oxygens (including phenoxy) is 1. The summed E-state index contributed by atoms with van der Waals surface area (Å²) in [6.45, 7) is 6.53. The van der Waals surface area contributed by atoms with Gasteiger partial charge in [-0.15, -0.1) is 0 Å². The molecule has 0 aliphatic carbocycles. The van der Waals surface area contributed by atoms with Crippen molar-refractivity contribution in [3.63, 3.8) is 0 Å². The van der Waals surface area contributed by atoms with E-state index in [1.807, 2.05) is 24.9 Å². The molecule has 0 fully saturated rings. The van der Waals surface area contributed by atoms with E-state index in [0.717, 1.165) is 30.7 Å². The standard InChI is InChI=1S/C11H20BrN3O/c1-4-15-11(9(12)8-14-15)10(13-3)6-7-16-5-2/h8,10,13H,4-7H2,1-3H3. The van der Waals surface area contributed by atoms with Crippen LogP contribution < -0.4 is 5.32 Å². The first kappa shape index (κ1) is 13.7. The van der Waals surface area contributed by atoms with Gasteiger partial charge in [-0.05, 0) is 43.2 Å². The molecule has 1 unspecified atom stereocenters. The molecular weight excluding hydrogens is 270 g/mol. The van der Waals surface area contributed by atoms with E-state index in [1.165, 1.54) is 5.69 Å². The topological polar surface area (TPSA) is 39.1 Å². The number of nitrogens with one attached hydrogen (secondary N) is 1. The molecule has 92 valence electrons. The van der Waals surface area contributed by atoms with Crippen molar-refractivity contribution in [1.82, 2.24) is 15.1 Å². The Labute approximate surface area is 105 Å². The fraction of sp³-hybridized carbons (Fsp3) is 0.727. The maximum Gasteiger partial charge on any atom is 0.0696 e. The Hall–Kier alpha value is -0.390. The molecule has 0 saturated carbocycles. The predicted octanol–water partition coefficient (Wildman–Crippen LogP) is 2.35. The van der Waals surface area contributed by atoms with Gasteiger partial charge in [0.2, 0.25) is 0 Å². The lowest BCUT2D eigenvalue weighted by molar-refractivity contribution is 0.136. The minimum atomic E-state index is 0.281. The van der Waals surface area contributed by atoms with Crippen molar-refractivity contribution in [2.75, 3.05) is 20.3 Å². The van der Waals surface area contributed by atoms with Gasteiger partial charge in [0.05, 0.1) is 22.4 Å². The van der Waals surface area contributed by atoms with Crippen LogP contribution in [0.2, 0.25) is 0 Å². The molecule has 0 aromatic carbocycles. The predicted molar refractivity (Wildman–Crippen MR) is 68.5 cm³/mol. The summed E-state index contributed by atoms with van der Waals surface area (Å²) in [5, 5.41) is 7.63. The molecule has 1 aromatic heterocycles. The molecular formula is C11H20BrN3O. The number of aromatic nitrogens is 2. The summed E-state index contributed by atoms with van der Waals surface area (Å²) in [4.78, 5) is 0. The van der Waals surface area contributed by atoms with Crippen LogP contribution in [0, 0.1) is 0 Å². The van der Waals surface area contributed by atoms with E-state index in [2.05, 4.69) is 33.3 Å². The molecule has 5 heteroatoms. The van der Waals surface area contributed by atoms with Gasteiger partial charge in [-0.25, -0.2) is 0 Å². The highest BCUT2D eigenvalue weighted by molar-refractivity contribution is 9.10. The van der Waals surface area contributed by atoms with Crippen molar-refractivity contribution in [1.29, 1.82) is 0 Å². The summed E-state index contributed by atoms with van der Waals surface area (Å²) in [5.74, 6) is 0. The Morgan fingerprint density at radius 2 is 2.31 bits per heavy atom. The van der Waals surface area contributed by atoms with Crippen molar-refractivity contribution in [3.8, 4) is 0 Å². The van der Waals surface area contributed by atoms with E-state index in [0.29, 0.717) is 0 Å². The zero-order chi connectivity index (χ0) is 12.0. The van der Waals surface area contributed by atoms with Crippen LogP contribution in [0.5, 0.6) is 0 Å². The maximum atomic E-state index is 5.39. The lowest BCUT2D eigenvalue weighted by atomic mass is 10.1. The number of hydrogen-bond donors (Lipinski definition) is 1. The summed E-state index contributed by atoms with van der Waals surface area (Å²) < 4.78 is 8.46. The lowest BCUT2D eigenvalue weighted by Crippen LogP contribution is -2.22. The van der Waals surface area contributed by atoms with Crippen LogP contribution in [-0.4, -0.2) is 30.0 Å². The molecule has 16 heavy (non-hydrogen) atoms. The van der Waals surface area contributed by atoms with Crippen LogP contribution >= 0.6 is 15.9 Å². The molecule has 4 nitrogen and oxygen atoms in total. The van der Waals surface area contributed by atoms with E-state index in [1.54, 1.807) is 0 Å². The largest absolute Gasteiger partial charge is 0.382 e. The smallest absolute Gasteiger partial charge is 0.0696 e. The van der Waals surface area contributed by atoms with E-state index >= 15 is 0 Å². The fourth-order valence-corrected chi connectivity index (χ4v) is 2.31. The Balaban J connectivity index is 2.73. The maximum absolute atomic E-state index is 5.39. The number of nitrogens with zero attached hydrogens (tertiary/aromatic N) is 2. The van der Waals surface area contributed by atoms with Crippen molar-refractivity contribution in [2.24, 2.45) is 0 Å². The van der Waals surface area contributed by atoms with Gasteiger partial charge in [-0.3, -0.25) is 4.68 Å². The number of halogens is 1. The average molecular weight is 290 g/mol. The van der Waals surface area contributed by atoms with Crippen LogP contribution in [0.3, 0.4) is 0 Å². The molecule has 1 heterocycles. The van der Waals surface area contributed by atoms with Crippen LogP contribution in [0.1, 0.15) is 32.0 Å². The van der Waals surface area contributed by atoms with E-state index in [4.69, 9.17) is 4.74 Å². The van der Waals surface area contributed by atoms with Gasteiger partial charge >= 0.3 is 0 Å². The summed E-state index contributed by atoms with van der Waals surface area (Å²) in [6.07, 6.45) is 2.80. The number of aryl methyl sites for hydroxylation is 1. The highest BCUT2D eigenvalue weighted by atomic mass is 79.9. The van der Waals surface area contributed by atoms with Gasteiger partial charge < -0.3 is 10.1 Å². The number of rotatable bonds is 7. The molecule has 0 bridgehead atoms. The summed E-state index contributed by atoms with van der Waals surface area (Å²) in [5.41, 5.74) is 1.20. The van der Waals surface area contributed by atoms with Gasteiger partial charge in [0.15, 0.2) is 0 Å². The fourth-order valence-electron chi connectivity index (χ4n) is 1.73.